The van der Waals surface area contributed by atoms with Crippen molar-refractivity contribution >= 4 is 6.09 Å². The average molecular weight is 245 g/mol. The van der Waals surface area contributed by atoms with Crippen LogP contribution in [0.3, 0.4) is 0 Å². The second-order valence-corrected chi connectivity index (χ2v) is 6.12. The Bertz CT molecular complexity index is 289. The van der Waals surface area contributed by atoms with E-state index in [2.05, 4.69) is 5.32 Å². The van der Waals surface area contributed by atoms with Gasteiger partial charge in [0.1, 0.15) is 5.54 Å². The smallest absolute Gasteiger partial charge is 0.435 e. The van der Waals surface area contributed by atoms with Crippen molar-refractivity contribution in [2.24, 2.45) is 0 Å². The molecule has 17 heavy (non-hydrogen) atoms. The predicted molar refractivity (Wildman–Crippen MR) is 65.9 cm³/mol. The topological polar surface area (TPSA) is 69.6 Å². The summed E-state index contributed by atoms with van der Waals surface area (Å²) >= 11 is 0. The molecule has 0 aromatic carbocycles. The van der Waals surface area contributed by atoms with E-state index in [1.54, 1.807) is 7.05 Å². The molecular formula is C12H25N2O3+. The van der Waals surface area contributed by atoms with Crippen LogP contribution in [-0.2, 0) is 0 Å². The summed E-state index contributed by atoms with van der Waals surface area (Å²) in [6.07, 6.45) is 0.262. The summed E-state index contributed by atoms with van der Waals surface area (Å²) in [6, 6.07) is 0. The Hall–Kier alpha value is -0.650. The van der Waals surface area contributed by atoms with Gasteiger partial charge < -0.3 is 15.5 Å². The van der Waals surface area contributed by atoms with E-state index < -0.39 is 11.7 Å². The number of carboxylic acid groups (broad SMARTS) is 1. The maximum atomic E-state index is 11.6. The number of quaternary nitrogens is 1. The van der Waals surface area contributed by atoms with Gasteiger partial charge in [-0.2, -0.15) is 4.79 Å². The Kier molecular flexibility index (Phi) is 3.86. The first kappa shape index (κ1) is 14.4. The average Bonchev–Trinajstić information content (AvgIpc) is 2.16. The van der Waals surface area contributed by atoms with Gasteiger partial charge in [0.2, 0.25) is 0 Å². The van der Waals surface area contributed by atoms with Crippen LogP contribution in [0.1, 0.15) is 33.6 Å². The van der Waals surface area contributed by atoms with Crippen LogP contribution in [0.15, 0.2) is 0 Å². The van der Waals surface area contributed by atoms with Gasteiger partial charge in [-0.1, -0.05) is 0 Å². The molecule has 1 amide bonds. The highest BCUT2D eigenvalue weighted by molar-refractivity contribution is 5.57. The number of aliphatic hydroxyl groups is 1. The third kappa shape index (κ3) is 2.61. The molecule has 1 fully saturated rings. The Labute approximate surface area is 103 Å². The monoisotopic (exact) mass is 245 g/mol. The molecule has 0 aromatic heterocycles. The van der Waals surface area contributed by atoms with Gasteiger partial charge in [0.05, 0.1) is 18.7 Å². The first-order valence-corrected chi connectivity index (χ1v) is 6.15. The second-order valence-electron chi connectivity index (χ2n) is 6.12. The van der Waals surface area contributed by atoms with Crippen molar-refractivity contribution in [2.45, 2.75) is 44.8 Å². The van der Waals surface area contributed by atoms with Crippen LogP contribution in [0.25, 0.3) is 0 Å². The van der Waals surface area contributed by atoms with Crippen molar-refractivity contribution in [2.75, 3.05) is 26.7 Å². The van der Waals surface area contributed by atoms with Crippen molar-refractivity contribution in [3.63, 3.8) is 0 Å². The van der Waals surface area contributed by atoms with Crippen molar-refractivity contribution in [3.8, 4) is 0 Å². The molecule has 1 heterocycles. The van der Waals surface area contributed by atoms with E-state index in [0.717, 1.165) is 0 Å². The molecule has 3 N–H and O–H groups in total. The third-order valence-corrected chi connectivity index (χ3v) is 4.07. The number of hydrogen-bond acceptors (Lipinski definition) is 3. The Balaban J connectivity index is 2.86. The lowest BCUT2D eigenvalue weighted by Crippen LogP contribution is -2.68. The van der Waals surface area contributed by atoms with Gasteiger partial charge >= 0.3 is 6.09 Å². The van der Waals surface area contributed by atoms with Gasteiger partial charge in [-0.3, -0.25) is 0 Å². The molecule has 1 rings (SSSR count). The number of nitrogens with zero attached hydrogens (tertiary/aromatic N) is 1. The fraction of sp³-hybridized carbons (Fsp3) is 0.917. The van der Waals surface area contributed by atoms with Crippen LogP contribution in [-0.4, -0.2) is 58.6 Å². The molecule has 5 heteroatoms. The molecule has 0 bridgehead atoms. The standard InChI is InChI=1S/C12H24N2O3/c1-11(2,3)14(10(15)16)7-5-12(17,6-8-14)9-13-4/h13,17H,5-9H2,1-4H3/p+1. The molecule has 0 spiro atoms. The van der Waals surface area contributed by atoms with Gasteiger partial charge in [-0.05, 0) is 27.8 Å². The van der Waals surface area contributed by atoms with Gasteiger partial charge in [-0.25, -0.2) is 4.48 Å². The number of piperidine rings is 1. The Morgan fingerprint density at radius 3 is 2.12 bits per heavy atom. The van der Waals surface area contributed by atoms with E-state index in [-0.39, 0.29) is 10.0 Å². The van der Waals surface area contributed by atoms with Crippen LogP contribution in [0.2, 0.25) is 0 Å². The lowest BCUT2D eigenvalue weighted by molar-refractivity contribution is -0.910. The van der Waals surface area contributed by atoms with E-state index in [0.29, 0.717) is 32.5 Å². The fourth-order valence-corrected chi connectivity index (χ4v) is 2.69. The van der Waals surface area contributed by atoms with Gasteiger partial charge in [0.25, 0.3) is 0 Å². The van der Waals surface area contributed by atoms with Gasteiger partial charge in [0.15, 0.2) is 0 Å². The van der Waals surface area contributed by atoms with Crippen LogP contribution >= 0.6 is 0 Å². The minimum absolute atomic E-state index is 0.0407. The maximum Gasteiger partial charge on any atom is 0.513 e. The van der Waals surface area contributed by atoms with Gasteiger partial charge in [-0.15, -0.1) is 0 Å². The van der Waals surface area contributed by atoms with Crippen molar-refractivity contribution in [1.82, 2.24) is 5.32 Å². The summed E-state index contributed by atoms with van der Waals surface area (Å²) in [4.78, 5) is 11.6. The highest BCUT2D eigenvalue weighted by Crippen LogP contribution is 2.34. The summed E-state index contributed by atoms with van der Waals surface area (Å²) < 4.78 is 0.0407. The Morgan fingerprint density at radius 1 is 1.35 bits per heavy atom. The van der Waals surface area contributed by atoms with Crippen LogP contribution in [0, 0.1) is 0 Å². The molecular weight excluding hydrogens is 220 g/mol. The number of hydrogen-bond donors (Lipinski definition) is 3. The number of rotatable bonds is 2. The first-order valence-electron chi connectivity index (χ1n) is 6.15. The molecule has 0 saturated carbocycles. The molecule has 0 aromatic rings. The second kappa shape index (κ2) is 4.55. The first-order chi connectivity index (χ1) is 7.67. The van der Waals surface area contributed by atoms with E-state index >= 15 is 0 Å². The number of likely N-dealkylation sites (N-methyl/N-ethyl adjacent to an activating group) is 1. The Morgan fingerprint density at radius 2 is 1.82 bits per heavy atom. The summed E-state index contributed by atoms with van der Waals surface area (Å²) in [5.74, 6) is 0. The normalized spacial score (nSPS) is 34.6. The number of likely N-dealkylation sites (tertiary alicyclic amines) is 1. The van der Waals surface area contributed by atoms with Crippen molar-refractivity contribution < 1.29 is 19.5 Å². The fourth-order valence-electron chi connectivity index (χ4n) is 2.69. The van der Waals surface area contributed by atoms with Crippen LogP contribution in [0.4, 0.5) is 4.79 Å². The molecule has 1 saturated heterocycles. The third-order valence-electron chi connectivity index (χ3n) is 4.07. The number of amides is 1. The van der Waals surface area contributed by atoms with Crippen molar-refractivity contribution in [3.05, 3.63) is 0 Å². The molecule has 5 nitrogen and oxygen atoms in total. The SMILES string of the molecule is CNCC1(O)CC[N+](C(=O)O)(C(C)(C)C)CC1. The van der Waals surface area contributed by atoms with Gasteiger partial charge in [0, 0.05) is 19.4 Å². The summed E-state index contributed by atoms with van der Waals surface area (Å²) in [5.41, 5.74) is -1.09. The van der Waals surface area contributed by atoms with E-state index in [9.17, 15) is 15.0 Å². The molecule has 1 aliphatic rings. The highest BCUT2D eigenvalue weighted by atomic mass is 16.4. The minimum Gasteiger partial charge on any atom is -0.435 e. The largest absolute Gasteiger partial charge is 0.513 e. The summed E-state index contributed by atoms with van der Waals surface area (Å²) in [6.45, 7) is 7.33. The zero-order valence-electron chi connectivity index (χ0n) is 11.3. The van der Waals surface area contributed by atoms with E-state index in [1.165, 1.54) is 0 Å². The lowest BCUT2D eigenvalue weighted by atomic mass is 9.86. The molecule has 0 radical (unpaired) electrons. The van der Waals surface area contributed by atoms with E-state index in [1.807, 2.05) is 20.8 Å². The molecule has 1 aliphatic heterocycles. The molecule has 0 atom stereocenters. The molecule has 0 unspecified atom stereocenters. The summed E-state index contributed by atoms with van der Waals surface area (Å²) in [5, 5.41) is 22.8. The predicted octanol–water partition coefficient (Wildman–Crippen LogP) is 1.02. The zero-order chi connectivity index (χ0) is 13.3. The summed E-state index contributed by atoms with van der Waals surface area (Å²) in [7, 11) is 1.80. The maximum absolute atomic E-state index is 11.6. The molecule has 0 aliphatic carbocycles. The highest BCUT2D eigenvalue weighted by Gasteiger charge is 2.52. The van der Waals surface area contributed by atoms with E-state index in [4.69, 9.17) is 0 Å². The van der Waals surface area contributed by atoms with Crippen LogP contribution < -0.4 is 5.32 Å². The lowest BCUT2D eigenvalue weighted by Gasteiger charge is -2.49. The zero-order valence-corrected chi connectivity index (χ0v) is 11.3. The quantitative estimate of drug-likeness (QED) is 0.635. The number of nitrogens with one attached hydrogen (secondary N) is 1. The number of carbonyl (C=O) groups is 1. The van der Waals surface area contributed by atoms with Crippen LogP contribution in [0.5, 0.6) is 0 Å². The molecule has 100 valence electrons. The van der Waals surface area contributed by atoms with Crippen molar-refractivity contribution in [1.29, 1.82) is 0 Å². The minimum atomic E-state index is -0.788.